The van der Waals surface area contributed by atoms with Crippen molar-refractivity contribution in [3.8, 4) is 11.5 Å². The van der Waals surface area contributed by atoms with Crippen molar-refractivity contribution in [2.24, 2.45) is 5.92 Å². The van der Waals surface area contributed by atoms with Crippen LogP contribution in [0.1, 0.15) is 19.3 Å². The van der Waals surface area contributed by atoms with Gasteiger partial charge in [0.2, 0.25) is 17.5 Å². The summed E-state index contributed by atoms with van der Waals surface area (Å²) in [5, 5.41) is 11.8. The molecule has 1 aliphatic heterocycles. The molecule has 0 spiro atoms. The molecule has 2 aromatic rings. The Hall–Kier alpha value is -3.87. The highest BCUT2D eigenvalue weighted by molar-refractivity contribution is 6.30. The van der Waals surface area contributed by atoms with Crippen LogP contribution in [0.5, 0.6) is 11.5 Å². The number of benzene rings is 2. The number of carbonyl (C=O) groups is 4. The summed E-state index contributed by atoms with van der Waals surface area (Å²) in [4.78, 5) is 50.1. The summed E-state index contributed by atoms with van der Waals surface area (Å²) in [5.41, 5.74) is 0. The van der Waals surface area contributed by atoms with Gasteiger partial charge >= 0.3 is 12.1 Å². The number of carboxylic acids is 1. The number of aliphatic carboxylic acids is 1. The zero-order valence-corrected chi connectivity index (χ0v) is 20.3. The van der Waals surface area contributed by atoms with E-state index in [9.17, 15) is 36.7 Å². The summed E-state index contributed by atoms with van der Waals surface area (Å²) in [6.45, 7) is -0.909. The Morgan fingerprint density at radius 1 is 1.03 bits per heavy atom. The highest BCUT2D eigenvalue weighted by atomic mass is 35.5. The van der Waals surface area contributed by atoms with Crippen LogP contribution in [0.3, 0.4) is 0 Å². The third-order valence-electron chi connectivity index (χ3n) is 5.66. The molecule has 0 radical (unpaired) electrons. The van der Waals surface area contributed by atoms with Crippen LogP contribution in [0.15, 0.2) is 30.3 Å². The Balaban J connectivity index is 1.56. The molecule has 1 aliphatic rings. The van der Waals surface area contributed by atoms with Crippen molar-refractivity contribution in [1.82, 2.24) is 10.2 Å². The van der Waals surface area contributed by atoms with Crippen LogP contribution in [-0.4, -0.2) is 59.5 Å². The third kappa shape index (κ3) is 7.34. The first-order chi connectivity index (χ1) is 18.0. The monoisotopic (exact) mass is 560 g/mol. The van der Waals surface area contributed by atoms with Crippen molar-refractivity contribution in [1.29, 1.82) is 0 Å². The topological polar surface area (TPSA) is 122 Å². The van der Waals surface area contributed by atoms with Gasteiger partial charge in [0.1, 0.15) is 18.4 Å². The quantitative estimate of drug-likeness (QED) is 0.354. The maximum atomic E-state index is 13.8. The molecule has 0 bridgehead atoms. The highest BCUT2D eigenvalue weighted by Gasteiger charge is 2.32. The molecule has 1 fully saturated rings. The predicted octanol–water partition coefficient (Wildman–Crippen LogP) is 3.71. The van der Waals surface area contributed by atoms with E-state index >= 15 is 0 Å². The Labute approximate surface area is 218 Å². The van der Waals surface area contributed by atoms with Crippen molar-refractivity contribution >= 4 is 35.4 Å². The molecule has 3 rings (SSSR count). The average Bonchev–Trinajstić information content (AvgIpc) is 2.88. The molecule has 0 aromatic heterocycles. The first-order valence-corrected chi connectivity index (χ1v) is 11.6. The van der Waals surface area contributed by atoms with E-state index in [1.54, 1.807) is 12.1 Å². The van der Waals surface area contributed by atoms with Gasteiger partial charge in [-0.1, -0.05) is 11.6 Å². The van der Waals surface area contributed by atoms with Crippen molar-refractivity contribution in [2.75, 3.05) is 19.7 Å². The molecule has 204 valence electrons. The molecular formula is C24H21ClF4N2O7. The van der Waals surface area contributed by atoms with Crippen LogP contribution < -0.4 is 14.8 Å². The van der Waals surface area contributed by atoms with Crippen LogP contribution >= 0.6 is 11.6 Å². The fraction of sp³-hybridized carbons (Fsp3) is 0.333. The van der Waals surface area contributed by atoms with E-state index in [1.165, 1.54) is 17.0 Å². The number of nitrogens with zero attached hydrogens (tertiary/aromatic N) is 1. The molecule has 0 aliphatic carbocycles. The molecule has 0 saturated carbocycles. The van der Waals surface area contributed by atoms with Gasteiger partial charge in [0.25, 0.3) is 0 Å². The smallest absolute Gasteiger partial charge is 0.415 e. The van der Waals surface area contributed by atoms with Crippen LogP contribution in [0.2, 0.25) is 5.02 Å². The van der Waals surface area contributed by atoms with Crippen molar-refractivity contribution in [3.63, 3.8) is 0 Å². The third-order valence-corrected chi connectivity index (χ3v) is 5.91. The second kappa shape index (κ2) is 12.6. The Kier molecular flexibility index (Phi) is 9.50. The van der Waals surface area contributed by atoms with Gasteiger partial charge < -0.3 is 24.8 Å². The lowest BCUT2D eigenvalue weighted by molar-refractivity contribution is -0.141. The van der Waals surface area contributed by atoms with Crippen molar-refractivity contribution < 1.29 is 51.3 Å². The minimum Gasteiger partial charge on any atom is -0.481 e. The van der Waals surface area contributed by atoms with Gasteiger partial charge in [-0.3, -0.25) is 14.4 Å². The lowest BCUT2D eigenvalue weighted by atomic mass is 9.95. The minimum absolute atomic E-state index is 0.0462. The number of carbonyl (C=O) groups excluding carboxylic acids is 3. The first-order valence-electron chi connectivity index (χ1n) is 11.2. The van der Waals surface area contributed by atoms with Crippen LogP contribution in [0, 0.1) is 29.2 Å². The summed E-state index contributed by atoms with van der Waals surface area (Å²) in [7, 11) is 0. The fourth-order valence-electron chi connectivity index (χ4n) is 3.62. The summed E-state index contributed by atoms with van der Waals surface area (Å²) < 4.78 is 64.0. The van der Waals surface area contributed by atoms with E-state index in [1.807, 2.05) is 0 Å². The summed E-state index contributed by atoms with van der Waals surface area (Å²) in [5.74, 6) is -12.4. The molecule has 1 atom stereocenters. The van der Waals surface area contributed by atoms with Crippen molar-refractivity contribution in [2.45, 2.75) is 25.3 Å². The van der Waals surface area contributed by atoms with Gasteiger partial charge in [0, 0.05) is 30.1 Å². The van der Waals surface area contributed by atoms with E-state index in [0.29, 0.717) is 5.02 Å². The molecule has 14 heteroatoms. The zero-order valence-electron chi connectivity index (χ0n) is 19.5. The molecule has 1 heterocycles. The number of hydrogen-bond donors (Lipinski definition) is 2. The van der Waals surface area contributed by atoms with Crippen LogP contribution in [-0.2, 0) is 14.4 Å². The zero-order chi connectivity index (χ0) is 28.0. The number of ether oxygens (including phenoxy) is 2. The average molecular weight is 561 g/mol. The number of amides is 2. The van der Waals surface area contributed by atoms with Crippen LogP contribution in [0.4, 0.5) is 22.4 Å². The van der Waals surface area contributed by atoms with Gasteiger partial charge in [0.15, 0.2) is 23.2 Å². The number of hydrogen-bond acceptors (Lipinski definition) is 6. The number of Topliss-reactive ketones (excluding diaryl/α,β-unsaturated/α-hetero) is 1. The molecular weight excluding hydrogens is 540 g/mol. The second-order valence-electron chi connectivity index (χ2n) is 8.29. The predicted molar refractivity (Wildman–Crippen MR) is 123 cm³/mol. The lowest BCUT2D eigenvalue weighted by Gasteiger charge is -2.31. The number of carboxylic acid groups (broad SMARTS) is 1. The van der Waals surface area contributed by atoms with Gasteiger partial charge in [-0.15, -0.1) is 0 Å². The van der Waals surface area contributed by atoms with E-state index < -0.39 is 77.8 Å². The molecule has 9 nitrogen and oxygen atoms in total. The lowest BCUT2D eigenvalue weighted by Crippen LogP contribution is -2.49. The van der Waals surface area contributed by atoms with E-state index in [0.717, 1.165) is 0 Å². The molecule has 1 saturated heterocycles. The standard InChI is InChI=1S/C24H21ClF4N2O7/c25-13-1-3-14(4-2-13)38-24(36)31-7-5-12(6-8-31)23(35)30-17(10-19(33)34)18(32)11-37-22-20(28)15(26)9-16(27)21(22)29/h1-4,9,12,17H,5-8,10-11H2,(H,30,35)(H,33,34)/t17-/m0/s1. The summed E-state index contributed by atoms with van der Waals surface area (Å²) in [6, 6.07) is 4.41. The van der Waals surface area contributed by atoms with Crippen molar-refractivity contribution in [3.05, 3.63) is 58.6 Å². The fourth-order valence-corrected chi connectivity index (χ4v) is 3.75. The summed E-state index contributed by atoms with van der Waals surface area (Å²) >= 11 is 5.79. The molecule has 2 aromatic carbocycles. The van der Waals surface area contributed by atoms with Gasteiger partial charge in [-0.25, -0.2) is 13.6 Å². The Morgan fingerprint density at radius 3 is 2.16 bits per heavy atom. The van der Waals surface area contributed by atoms with Gasteiger partial charge in [-0.2, -0.15) is 8.78 Å². The Bertz CT molecular complexity index is 1190. The van der Waals surface area contributed by atoms with E-state index in [2.05, 4.69) is 10.1 Å². The molecule has 0 unspecified atom stereocenters. The SMILES string of the molecule is O=C(O)C[C@H](NC(=O)C1CCN(C(=O)Oc2ccc(Cl)cc2)CC1)C(=O)COc1c(F)c(F)cc(F)c1F. The number of nitrogens with one attached hydrogen (secondary N) is 1. The molecule has 2 N–H and O–H groups in total. The molecule has 38 heavy (non-hydrogen) atoms. The number of piperidine rings is 1. The number of rotatable bonds is 9. The highest BCUT2D eigenvalue weighted by Crippen LogP contribution is 2.26. The van der Waals surface area contributed by atoms with Crippen LogP contribution in [0.25, 0.3) is 0 Å². The Morgan fingerprint density at radius 2 is 1.61 bits per heavy atom. The number of likely N-dealkylation sites (tertiary alicyclic amines) is 1. The molecule has 2 amide bonds. The van der Waals surface area contributed by atoms with Gasteiger partial charge in [-0.05, 0) is 37.1 Å². The largest absolute Gasteiger partial charge is 0.481 e. The normalized spacial score (nSPS) is 14.5. The van der Waals surface area contributed by atoms with E-state index in [-0.39, 0.29) is 37.7 Å². The van der Waals surface area contributed by atoms with E-state index in [4.69, 9.17) is 21.4 Å². The maximum absolute atomic E-state index is 13.8. The minimum atomic E-state index is -1.88. The second-order valence-corrected chi connectivity index (χ2v) is 8.73. The summed E-state index contributed by atoms with van der Waals surface area (Å²) in [6.07, 6.45) is -1.19. The first kappa shape index (κ1) is 28.7. The number of ketones is 1. The maximum Gasteiger partial charge on any atom is 0.415 e. The number of halogens is 5. The van der Waals surface area contributed by atoms with Gasteiger partial charge in [0.05, 0.1) is 6.42 Å².